The maximum absolute atomic E-state index is 12.0. The third-order valence-electron chi connectivity index (χ3n) is 2.39. The largest absolute Gasteiger partial charge is 0.368 e. The third kappa shape index (κ3) is 3.76. The number of hydrogen-bond acceptors (Lipinski definition) is 5. The summed E-state index contributed by atoms with van der Waals surface area (Å²) in [5.74, 6) is 0.735. The van der Waals surface area contributed by atoms with Crippen LogP contribution in [0.1, 0.15) is 13.8 Å². The molecule has 1 amide bonds. The van der Waals surface area contributed by atoms with Gasteiger partial charge in [-0.1, -0.05) is 23.9 Å². The van der Waals surface area contributed by atoms with E-state index < -0.39 is 0 Å². The van der Waals surface area contributed by atoms with Crippen LogP contribution in [0.5, 0.6) is 0 Å². The zero-order valence-electron chi connectivity index (χ0n) is 11.0. The fraction of sp³-hybridized carbons (Fsp3) is 0.545. The minimum absolute atomic E-state index is 0.0621. The number of amides is 1. The topological polar surface area (TPSA) is 77.0 Å². The predicted octanol–water partition coefficient (Wildman–Crippen LogP) is 0.914. The molecule has 0 saturated heterocycles. The Bertz CT molecular complexity index is 443. The Balaban J connectivity index is 2.54. The highest BCUT2D eigenvalue weighted by atomic mass is 32.2. The number of thioether (sulfide) groups is 1. The van der Waals surface area contributed by atoms with Crippen LogP contribution in [0.25, 0.3) is 0 Å². The predicted molar refractivity (Wildman–Crippen MR) is 73.2 cm³/mol. The molecule has 1 rings (SSSR count). The Hall–Kier alpha value is -1.50. The van der Waals surface area contributed by atoms with E-state index in [1.54, 1.807) is 16.5 Å². The van der Waals surface area contributed by atoms with Gasteiger partial charge in [0, 0.05) is 20.1 Å². The first-order valence-electron chi connectivity index (χ1n) is 5.65. The lowest BCUT2D eigenvalue weighted by Gasteiger charge is -2.20. The molecule has 0 spiro atoms. The van der Waals surface area contributed by atoms with Crippen molar-refractivity contribution in [3.8, 4) is 0 Å². The molecule has 1 aromatic heterocycles. The van der Waals surface area contributed by atoms with Gasteiger partial charge >= 0.3 is 0 Å². The van der Waals surface area contributed by atoms with Gasteiger partial charge in [0.2, 0.25) is 11.9 Å². The first-order chi connectivity index (χ1) is 8.45. The lowest BCUT2D eigenvalue weighted by molar-refractivity contribution is -0.127. The molecule has 0 saturated carbocycles. The standard InChI is InChI=1S/C11H19N5OS/c1-5-16(6-8(2)3)9(17)7-18-11-14-13-10(12)15(11)4/h2,5-7H2,1,3-4H3,(H2,12,13). The van der Waals surface area contributed by atoms with Gasteiger partial charge in [-0.05, 0) is 13.8 Å². The Labute approximate surface area is 111 Å². The molecule has 0 fully saturated rings. The van der Waals surface area contributed by atoms with Crippen LogP contribution in [-0.4, -0.2) is 44.4 Å². The van der Waals surface area contributed by atoms with E-state index in [1.165, 1.54) is 11.8 Å². The number of nitrogens with two attached hydrogens (primary N) is 1. The highest BCUT2D eigenvalue weighted by molar-refractivity contribution is 7.99. The molecule has 1 heterocycles. The van der Waals surface area contributed by atoms with Gasteiger partial charge in [0.15, 0.2) is 5.16 Å². The number of carbonyl (C=O) groups is 1. The average molecular weight is 269 g/mol. The van der Waals surface area contributed by atoms with Crippen molar-refractivity contribution in [1.29, 1.82) is 0 Å². The summed E-state index contributed by atoms with van der Waals surface area (Å²) < 4.78 is 1.66. The molecule has 0 bridgehead atoms. The molecule has 1 aromatic rings. The number of likely N-dealkylation sites (N-methyl/N-ethyl adjacent to an activating group) is 1. The molecule has 0 radical (unpaired) electrons. The molecule has 100 valence electrons. The van der Waals surface area contributed by atoms with E-state index in [9.17, 15) is 4.79 Å². The number of anilines is 1. The highest BCUT2D eigenvalue weighted by Crippen LogP contribution is 2.16. The summed E-state index contributed by atoms with van der Waals surface area (Å²) in [5, 5.41) is 8.28. The second-order valence-corrected chi connectivity index (χ2v) is 5.00. The van der Waals surface area contributed by atoms with Crippen molar-refractivity contribution in [2.24, 2.45) is 7.05 Å². The van der Waals surface area contributed by atoms with Gasteiger partial charge in [0.25, 0.3) is 0 Å². The van der Waals surface area contributed by atoms with Crippen LogP contribution in [0.2, 0.25) is 0 Å². The van der Waals surface area contributed by atoms with E-state index in [2.05, 4.69) is 16.8 Å². The maximum Gasteiger partial charge on any atom is 0.233 e. The minimum Gasteiger partial charge on any atom is -0.368 e. The summed E-state index contributed by atoms with van der Waals surface area (Å²) in [6, 6.07) is 0. The van der Waals surface area contributed by atoms with Gasteiger partial charge in [0.05, 0.1) is 5.75 Å². The zero-order valence-corrected chi connectivity index (χ0v) is 11.8. The molecule has 0 aromatic carbocycles. The molecule has 6 nitrogen and oxygen atoms in total. The van der Waals surface area contributed by atoms with E-state index in [1.807, 2.05) is 13.8 Å². The van der Waals surface area contributed by atoms with E-state index in [0.717, 1.165) is 5.57 Å². The zero-order chi connectivity index (χ0) is 13.7. The molecule has 0 aliphatic heterocycles. The summed E-state index contributed by atoms with van der Waals surface area (Å²) >= 11 is 1.34. The van der Waals surface area contributed by atoms with Gasteiger partial charge in [-0.25, -0.2) is 0 Å². The first kappa shape index (κ1) is 14.6. The number of nitrogens with zero attached hydrogens (tertiary/aromatic N) is 4. The van der Waals surface area contributed by atoms with Crippen molar-refractivity contribution in [1.82, 2.24) is 19.7 Å². The van der Waals surface area contributed by atoms with Gasteiger partial charge in [0.1, 0.15) is 0 Å². The molecule has 0 aliphatic carbocycles. The second-order valence-electron chi connectivity index (χ2n) is 4.05. The third-order valence-corrected chi connectivity index (χ3v) is 3.39. The van der Waals surface area contributed by atoms with Crippen LogP contribution >= 0.6 is 11.8 Å². The fourth-order valence-electron chi connectivity index (χ4n) is 1.37. The number of carbonyl (C=O) groups excluding carboxylic acids is 1. The van der Waals surface area contributed by atoms with Crippen molar-refractivity contribution >= 4 is 23.6 Å². The van der Waals surface area contributed by atoms with Crippen molar-refractivity contribution in [2.45, 2.75) is 19.0 Å². The minimum atomic E-state index is 0.0621. The molecule has 2 N–H and O–H groups in total. The summed E-state index contributed by atoms with van der Waals surface area (Å²) in [4.78, 5) is 13.7. The summed E-state index contributed by atoms with van der Waals surface area (Å²) in [5.41, 5.74) is 6.54. The Morgan fingerprint density at radius 1 is 1.56 bits per heavy atom. The Kier molecular flexibility index (Phi) is 5.21. The molecular formula is C11H19N5OS. The van der Waals surface area contributed by atoms with Gasteiger partial charge in [-0.2, -0.15) is 0 Å². The summed E-state index contributed by atoms with van der Waals surface area (Å²) in [6.45, 7) is 8.94. The number of hydrogen-bond donors (Lipinski definition) is 1. The molecule has 18 heavy (non-hydrogen) atoms. The number of rotatable bonds is 6. The first-order valence-corrected chi connectivity index (χ1v) is 6.64. The fourth-order valence-corrected chi connectivity index (χ4v) is 2.19. The average Bonchev–Trinajstić information content (AvgIpc) is 2.64. The molecule has 0 aliphatic rings. The van der Waals surface area contributed by atoms with Crippen LogP contribution in [-0.2, 0) is 11.8 Å². The second kappa shape index (κ2) is 6.44. The van der Waals surface area contributed by atoms with Crippen molar-refractivity contribution < 1.29 is 4.79 Å². The SMILES string of the molecule is C=C(C)CN(CC)C(=O)CSc1nnc(N)n1C. The summed E-state index contributed by atoms with van der Waals surface area (Å²) in [6.07, 6.45) is 0. The van der Waals surface area contributed by atoms with Crippen LogP contribution in [0, 0.1) is 0 Å². The highest BCUT2D eigenvalue weighted by Gasteiger charge is 2.14. The lowest BCUT2D eigenvalue weighted by atomic mass is 10.3. The monoisotopic (exact) mass is 269 g/mol. The van der Waals surface area contributed by atoms with Gasteiger partial charge < -0.3 is 10.6 Å². The van der Waals surface area contributed by atoms with E-state index in [0.29, 0.717) is 29.9 Å². The van der Waals surface area contributed by atoms with Crippen LogP contribution < -0.4 is 5.73 Å². The number of aromatic nitrogens is 3. The smallest absolute Gasteiger partial charge is 0.233 e. The lowest BCUT2D eigenvalue weighted by Crippen LogP contribution is -2.33. The Morgan fingerprint density at radius 2 is 2.22 bits per heavy atom. The maximum atomic E-state index is 12.0. The van der Waals surface area contributed by atoms with Crippen LogP contribution in [0.4, 0.5) is 5.95 Å². The van der Waals surface area contributed by atoms with Gasteiger partial charge in [-0.15, -0.1) is 10.2 Å². The quantitative estimate of drug-likeness (QED) is 0.613. The van der Waals surface area contributed by atoms with Crippen LogP contribution in [0.15, 0.2) is 17.3 Å². The summed E-state index contributed by atoms with van der Waals surface area (Å²) in [7, 11) is 1.77. The Morgan fingerprint density at radius 3 is 2.67 bits per heavy atom. The van der Waals surface area contributed by atoms with Crippen molar-refractivity contribution in [3.63, 3.8) is 0 Å². The van der Waals surface area contributed by atoms with E-state index in [-0.39, 0.29) is 5.91 Å². The molecule has 7 heteroatoms. The normalized spacial score (nSPS) is 10.4. The van der Waals surface area contributed by atoms with Crippen molar-refractivity contribution in [2.75, 3.05) is 24.6 Å². The van der Waals surface area contributed by atoms with E-state index >= 15 is 0 Å². The van der Waals surface area contributed by atoms with Crippen LogP contribution in [0.3, 0.4) is 0 Å². The number of nitrogen functional groups attached to an aromatic ring is 1. The molecule has 0 unspecified atom stereocenters. The van der Waals surface area contributed by atoms with Crippen molar-refractivity contribution in [3.05, 3.63) is 12.2 Å². The molecular weight excluding hydrogens is 250 g/mol. The molecule has 0 atom stereocenters. The van der Waals surface area contributed by atoms with Gasteiger partial charge in [-0.3, -0.25) is 9.36 Å². The van der Waals surface area contributed by atoms with E-state index in [4.69, 9.17) is 5.73 Å².